The highest BCUT2D eigenvalue weighted by Crippen LogP contribution is 2.49. The molecular formula is C31H27FN4O3S. The van der Waals surface area contributed by atoms with Crippen molar-refractivity contribution in [3.05, 3.63) is 122 Å². The highest BCUT2D eigenvalue weighted by Gasteiger charge is 2.42. The number of nitro benzene ring substituents is 1. The zero-order valence-electron chi connectivity index (χ0n) is 22.1. The number of Topliss-reactive ketones (excluding diaryl/α,β-unsaturated/α-hetero) is 1. The maximum absolute atomic E-state index is 13.6. The number of halogens is 1. The molecule has 7 nitrogen and oxygen atoms in total. The Labute approximate surface area is 235 Å². The third kappa shape index (κ3) is 4.87. The van der Waals surface area contributed by atoms with E-state index in [1.165, 1.54) is 23.1 Å². The Hall–Kier alpha value is -4.42. The van der Waals surface area contributed by atoms with Crippen molar-refractivity contribution in [1.29, 1.82) is 5.26 Å². The number of allylic oxidation sites excluding steroid dienone is 3. The molecule has 5 rings (SSSR count). The highest BCUT2D eigenvalue weighted by molar-refractivity contribution is 7.98. The van der Waals surface area contributed by atoms with Crippen LogP contribution in [0.3, 0.4) is 0 Å². The Kier molecular flexibility index (Phi) is 7.46. The number of aryl methyl sites for hydroxylation is 1. The van der Waals surface area contributed by atoms with Gasteiger partial charge in [0.1, 0.15) is 17.3 Å². The summed E-state index contributed by atoms with van der Waals surface area (Å²) in [5.41, 5.74) is 11.8. The first-order valence-corrected chi connectivity index (χ1v) is 13.9. The number of nitro groups is 1. The number of nitrogens with two attached hydrogens (primary N) is 1. The molecule has 1 heterocycles. The van der Waals surface area contributed by atoms with Crippen molar-refractivity contribution in [3.8, 4) is 6.07 Å². The van der Waals surface area contributed by atoms with Gasteiger partial charge in [-0.3, -0.25) is 19.8 Å². The molecule has 0 fully saturated rings. The third-order valence-corrected chi connectivity index (χ3v) is 8.51. The zero-order chi connectivity index (χ0) is 28.6. The summed E-state index contributed by atoms with van der Waals surface area (Å²) in [4.78, 5) is 27.4. The maximum Gasteiger partial charge on any atom is 0.293 e. The van der Waals surface area contributed by atoms with Gasteiger partial charge >= 0.3 is 0 Å². The molecule has 0 spiro atoms. The van der Waals surface area contributed by atoms with E-state index in [1.807, 2.05) is 19.9 Å². The summed E-state index contributed by atoms with van der Waals surface area (Å²) < 4.78 is 13.4. The Morgan fingerprint density at radius 1 is 1.15 bits per heavy atom. The summed E-state index contributed by atoms with van der Waals surface area (Å²) in [5.74, 6) is -0.347. The van der Waals surface area contributed by atoms with Gasteiger partial charge in [0, 0.05) is 34.4 Å². The normalized spacial score (nSPS) is 17.1. The van der Waals surface area contributed by atoms with Gasteiger partial charge in [0.05, 0.1) is 22.5 Å². The van der Waals surface area contributed by atoms with Gasteiger partial charge in [-0.25, -0.2) is 4.39 Å². The number of anilines is 1. The van der Waals surface area contributed by atoms with Gasteiger partial charge in [-0.15, -0.1) is 11.8 Å². The van der Waals surface area contributed by atoms with Crippen molar-refractivity contribution in [3.63, 3.8) is 0 Å². The van der Waals surface area contributed by atoms with Crippen LogP contribution in [-0.2, 0) is 10.5 Å². The minimum Gasteiger partial charge on any atom is -0.384 e. The second-order valence-corrected chi connectivity index (χ2v) is 11.0. The maximum atomic E-state index is 13.6. The zero-order valence-corrected chi connectivity index (χ0v) is 22.9. The molecule has 0 radical (unpaired) electrons. The number of carbonyl (C=O) groups is 1. The number of carbonyl (C=O) groups excluding carboxylic acids is 1. The lowest BCUT2D eigenvalue weighted by atomic mass is 9.73. The number of ketones is 1. The van der Waals surface area contributed by atoms with Crippen LogP contribution in [0.2, 0.25) is 0 Å². The Balaban J connectivity index is 1.66. The van der Waals surface area contributed by atoms with E-state index in [-0.39, 0.29) is 34.4 Å². The third-order valence-electron chi connectivity index (χ3n) is 7.45. The molecule has 0 saturated carbocycles. The van der Waals surface area contributed by atoms with E-state index in [2.05, 4.69) is 12.1 Å². The smallest absolute Gasteiger partial charge is 0.293 e. The molecule has 1 aliphatic heterocycles. The van der Waals surface area contributed by atoms with Crippen LogP contribution in [0.5, 0.6) is 0 Å². The van der Waals surface area contributed by atoms with E-state index in [0.717, 1.165) is 27.1 Å². The van der Waals surface area contributed by atoms with E-state index in [9.17, 15) is 24.6 Å². The first-order valence-electron chi connectivity index (χ1n) is 12.9. The average molecular weight is 555 g/mol. The lowest BCUT2D eigenvalue weighted by molar-refractivity contribution is -0.384. The molecule has 9 heteroatoms. The first kappa shape index (κ1) is 27.2. The first-order chi connectivity index (χ1) is 19.2. The number of thioether (sulfide) groups is 1. The molecule has 0 aromatic heterocycles. The summed E-state index contributed by atoms with van der Waals surface area (Å²) in [6.45, 7) is 3.94. The molecular weight excluding hydrogens is 527 g/mol. The van der Waals surface area contributed by atoms with Gasteiger partial charge in [0.15, 0.2) is 5.78 Å². The average Bonchev–Trinajstić information content (AvgIpc) is 2.93. The Bertz CT molecular complexity index is 1640. The number of rotatable bonds is 6. The summed E-state index contributed by atoms with van der Waals surface area (Å²) >= 11 is 1.57. The summed E-state index contributed by atoms with van der Waals surface area (Å²) in [7, 11) is 0. The topological polar surface area (TPSA) is 113 Å². The highest BCUT2D eigenvalue weighted by atomic mass is 32.2. The van der Waals surface area contributed by atoms with Gasteiger partial charge in [0.25, 0.3) is 5.69 Å². The summed E-state index contributed by atoms with van der Waals surface area (Å²) in [5, 5.41) is 22.3. The number of nitriles is 1. The van der Waals surface area contributed by atoms with E-state index >= 15 is 0 Å². The van der Waals surface area contributed by atoms with Crippen LogP contribution < -0.4 is 10.6 Å². The molecule has 2 N–H and O–H groups in total. The van der Waals surface area contributed by atoms with Crippen molar-refractivity contribution in [1.82, 2.24) is 0 Å². The number of hydrogen-bond acceptors (Lipinski definition) is 7. The predicted molar refractivity (Wildman–Crippen MR) is 153 cm³/mol. The van der Waals surface area contributed by atoms with E-state index in [1.54, 1.807) is 42.1 Å². The van der Waals surface area contributed by atoms with Crippen LogP contribution >= 0.6 is 11.8 Å². The molecule has 3 aromatic rings. The molecule has 3 aromatic carbocycles. The van der Waals surface area contributed by atoms with Crippen LogP contribution in [0, 0.1) is 41.1 Å². The number of benzene rings is 3. The molecule has 1 unspecified atom stereocenters. The van der Waals surface area contributed by atoms with Gasteiger partial charge in [-0.2, -0.15) is 5.26 Å². The van der Waals surface area contributed by atoms with Crippen LogP contribution in [0.25, 0.3) is 0 Å². The van der Waals surface area contributed by atoms with Crippen molar-refractivity contribution < 1.29 is 14.1 Å². The molecule has 40 heavy (non-hydrogen) atoms. The lowest BCUT2D eigenvalue weighted by Gasteiger charge is -2.39. The van der Waals surface area contributed by atoms with Crippen molar-refractivity contribution >= 4 is 28.9 Å². The molecule has 0 amide bonds. The number of para-hydroxylation sites is 2. The quantitative estimate of drug-likeness (QED) is 0.199. The van der Waals surface area contributed by atoms with E-state index in [0.29, 0.717) is 36.3 Å². The van der Waals surface area contributed by atoms with Crippen molar-refractivity contribution in [2.45, 2.75) is 49.7 Å². The van der Waals surface area contributed by atoms with Crippen LogP contribution in [0.15, 0.2) is 88.2 Å². The number of hydrogen-bond donors (Lipinski definition) is 1. The SMILES string of the molecule is Cc1cc(CSc2ccc(F)cc2)c(C)c(C2C(C#N)=C(N)N(c3ccccc3[N+](=O)[O-])C3=C2C(=O)CCC3)c1. The predicted octanol–water partition coefficient (Wildman–Crippen LogP) is 6.95. The molecule has 202 valence electrons. The van der Waals surface area contributed by atoms with Gasteiger partial charge < -0.3 is 5.73 Å². The van der Waals surface area contributed by atoms with Crippen LogP contribution in [-0.4, -0.2) is 10.7 Å². The van der Waals surface area contributed by atoms with Gasteiger partial charge in [0.2, 0.25) is 0 Å². The fraction of sp³-hybridized carbons (Fsp3) is 0.226. The minimum absolute atomic E-state index is 0.0850. The minimum atomic E-state index is -0.679. The Morgan fingerprint density at radius 3 is 2.58 bits per heavy atom. The standard InChI is InChI=1S/C31H27FN4O3S/c1-18-14-20(17-40-22-12-10-21(32)11-13-22)19(2)23(15-18)29-24(16-33)31(34)35(27-8-5-9-28(37)30(27)29)25-6-3-4-7-26(25)36(38)39/h3-4,6-7,10-15,29H,5,8-9,17,34H2,1-2H3. The molecule has 1 atom stereocenters. The molecule has 2 aliphatic rings. The van der Waals surface area contributed by atoms with Crippen molar-refractivity contribution in [2.75, 3.05) is 4.90 Å². The van der Waals surface area contributed by atoms with Crippen LogP contribution in [0.4, 0.5) is 15.8 Å². The van der Waals surface area contributed by atoms with Gasteiger partial charge in [-0.05, 0) is 73.7 Å². The number of nitrogens with zero attached hydrogens (tertiary/aromatic N) is 3. The fourth-order valence-electron chi connectivity index (χ4n) is 5.59. The van der Waals surface area contributed by atoms with Crippen molar-refractivity contribution in [2.24, 2.45) is 5.73 Å². The van der Waals surface area contributed by atoms with E-state index in [4.69, 9.17) is 5.73 Å². The largest absolute Gasteiger partial charge is 0.384 e. The fourth-order valence-corrected chi connectivity index (χ4v) is 6.54. The summed E-state index contributed by atoms with van der Waals surface area (Å²) in [6.07, 6.45) is 1.42. The molecule has 0 saturated heterocycles. The lowest BCUT2D eigenvalue weighted by Crippen LogP contribution is -2.39. The van der Waals surface area contributed by atoms with Crippen LogP contribution in [0.1, 0.15) is 47.4 Å². The molecule has 1 aliphatic carbocycles. The van der Waals surface area contributed by atoms with Gasteiger partial charge in [-0.1, -0.05) is 29.8 Å². The Morgan fingerprint density at radius 2 is 1.88 bits per heavy atom. The monoisotopic (exact) mass is 554 g/mol. The summed E-state index contributed by atoms with van der Waals surface area (Å²) in [6, 6.07) is 18.9. The second-order valence-electron chi connectivity index (χ2n) is 9.94. The van der Waals surface area contributed by atoms with E-state index < -0.39 is 10.8 Å². The molecule has 0 bridgehead atoms. The second kappa shape index (κ2) is 11.0.